The molecule has 3 aromatic rings. The van der Waals surface area contributed by atoms with Crippen molar-refractivity contribution in [1.29, 1.82) is 0 Å². The summed E-state index contributed by atoms with van der Waals surface area (Å²) < 4.78 is 3.32. The Bertz CT molecular complexity index is 1040. The van der Waals surface area contributed by atoms with Crippen molar-refractivity contribution in [2.45, 2.75) is 19.5 Å². The summed E-state index contributed by atoms with van der Waals surface area (Å²) in [5.74, 6) is -0.0854. The Kier molecular flexibility index (Phi) is 3.91. The monoisotopic (exact) mass is 401 g/mol. The number of nitrogens with zero attached hydrogens (tertiary/aromatic N) is 5. The van der Waals surface area contributed by atoms with Crippen LogP contribution in [-0.2, 0) is 31.4 Å². The van der Waals surface area contributed by atoms with Gasteiger partial charge in [0.05, 0.1) is 0 Å². The minimum atomic E-state index is -0.268. The average Bonchev–Trinajstić information content (AvgIpc) is 2.91. The van der Waals surface area contributed by atoms with Crippen LogP contribution in [0.3, 0.4) is 0 Å². The van der Waals surface area contributed by atoms with Gasteiger partial charge in [-0.3, -0.25) is 14.2 Å². The van der Waals surface area contributed by atoms with E-state index < -0.39 is 0 Å². The smallest absolute Gasteiger partial charge is 0.266 e. The van der Waals surface area contributed by atoms with Gasteiger partial charge in [-0.05, 0) is 33.5 Å². The molecule has 128 valence electrons. The molecule has 0 spiro atoms. The van der Waals surface area contributed by atoms with E-state index in [0.29, 0.717) is 28.7 Å². The SMILES string of the molecule is Cn1nc(Br)c2c(=O)n(CC(=O)N3CCc4ccccc4C3)cnc21. The first-order valence-electron chi connectivity index (χ1n) is 7.97. The first-order valence-corrected chi connectivity index (χ1v) is 8.76. The van der Waals surface area contributed by atoms with Gasteiger partial charge in [-0.1, -0.05) is 24.3 Å². The van der Waals surface area contributed by atoms with Crippen molar-refractivity contribution < 1.29 is 4.79 Å². The number of carbonyl (C=O) groups is 1. The molecule has 0 N–H and O–H groups in total. The van der Waals surface area contributed by atoms with E-state index in [0.717, 1.165) is 12.0 Å². The lowest BCUT2D eigenvalue weighted by molar-refractivity contribution is -0.132. The van der Waals surface area contributed by atoms with Crippen LogP contribution in [0.5, 0.6) is 0 Å². The van der Waals surface area contributed by atoms with Crippen molar-refractivity contribution in [2.24, 2.45) is 7.05 Å². The number of rotatable bonds is 2. The van der Waals surface area contributed by atoms with Crippen LogP contribution < -0.4 is 5.56 Å². The molecule has 0 bridgehead atoms. The first kappa shape index (κ1) is 16.0. The Morgan fingerprint density at radius 2 is 2.04 bits per heavy atom. The fraction of sp³-hybridized carbons (Fsp3) is 0.294. The van der Waals surface area contributed by atoms with Gasteiger partial charge in [0.2, 0.25) is 5.91 Å². The minimum absolute atomic E-state index is 0.0225. The van der Waals surface area contributed by atoms with E-state index in [9.17, 15) is 9.59 Å². The molecule has 2 aromatic heterocycles. The molecular formula is C17H16BrN5O2. The van der Waals surface area contributed by atoms with Crippen molar-refractivity contribution in [1.82, 2.24) is 24.2 Å². The molecule has 0 atom stereocenters. The third-order valence-electron chi connectivity index (χ3n) is 4.56. The number of halogens is 1. The van der Waals surface area contributed by atoms with Crippen molar-refractivity contribution in [2.75, 3.05) is 6.54 Å². The maximum atomic E-state index is 12.7. The van der Waals surface area contributed by atoms with Crippen LogP contribution in [0.15, 0.2) is 40.0 Å². The topological polar surface area (TPSA) is 73.0 Å². The largest absolute Gasteiger partial charge is 0.336 e. The van der Waals surface area contributed by atoms with Crippen LogP contribution in [0.4, 0.5) is 0 Å². The molecule has 0 fully saturated rings. The lowest BCUT2D eigenvalue weighted by Crippen LogP contribution is -2.39. The van der Waals surface area contributed by atoms with Gasteiger partial charge < -0.3 is 4.90 Å². The summed E-state index contributed by atoms with van der Waals surface area (Å²) in [6, 6.07) is 8.14. The normalized spacial score (nSPS) is 13.9. The summed E-state index contributed by atoms with van der Waals surface area (Å²) in [7, 11) is 1.72. The third kappa shape index (κ3) is 2.76. The number of fused-ring (bicyclic) bond motifs is 2. The molecule has 8 heteroatoms. The van der Waals surface area contributed by atoms with Gasteiger partial charge in [0.15, 0.2) is 5.65 Å². The van der Waals surface area contributed by atoms with Crippen LogP contribution in [0.2, 0.25) is 0 Å². The molecule has 0 saturated heterocycles. The third-order valence-corrected chi connectivity index (χ3v) is 5.11. The highest BCUT2D eigenvalue weighted by Crippen LogP contribution is 2.19. The summed E-state index contributed by atoms with van der Waals surface area (Å²) in [5, 5.41) is 4.54. The highest BCUT2D eigenvalue weighted by Gasteiger charge is 2.22. The molecule has 1 amide bonds. The summed E-state index contributed by atoms with van der Waals surface area (Å²) in [6.45, 7) is 1.22. The lowest BCUT2D eigenvalue weighted by atomic mass is 10.00. The van der Waals surface area contributed by atoms with Crippen LogP contribution in [0.1, 0.15) is 11.1 Å². The first-order chi connectivity index (χ1) is 12.0. The van der Waals surface area contributed by atoms with Crippen LogP contribution in [0.25, 0.3) is 11.0 Å². The number of hydrogen-bond acceptors (Lipinski definition) is 4. The van der Waals surface area contributed by atoms with Gasteiger partial charge in [0, 0.05) is 20.1 Å². The Hall–Kier alpha value is -2.48. The highest BCUT2D eigenvalue weighted by molar-refractivity contribution is 9.10. The van der Waals surface area contributed by atoms with Crippen molar-refractivity contribution in [3.8, 4) is 0 Å². The Labute approximate surface area is 152 Å². The Morgan fingerprint density at radius 1 is 1.28 bits per heavy atom. The van der Waals surface area contributed by atoms with Crippen LogP contribution >= 0.6 is 15.9 Å². The molecule has 1 aliphatic heterocycles. The van der Waals surface area contributed by atoms with E-state index in [-0.39, 0.29) is 18.0 Å². The predicted molar refractivity (Wildman–Crippen MR) is 96.0 cm³/mol. The molecule has 1 aromatic carbocycles. The quantitative estimate of drug-likeness (QED) is 0.651. The fourth-order valence-corrected chi connectivity index (χ4v) is 3.79. The van der Waals surface area contributed by atoms with E-state index in [2.05, 4.69) is 32.1 Å². The number of carbonyl (C=O) groups excluding carboxylic acids is 1. The zero-order chi connectivity index (χ0) is 17.6. The second-order valence-electron chi connectivity index (χ2n) is 6.12. The molecule has 4 rings (SSSR count). The van der Waals surface area contributed by atoms with E-state index in [1.165, 1.54) is 21.1 Å². The molecule has 25 heavy (non-hydrogen) atoms. The van der Waals surface area contributed by atoms with Gasteiger partial charge in [-0.2, -0.15) is 5.10 Å². The summed E-state index contributed by atoms with van der Waals surface area (Å²) in [6.07, 6.45) is 2.25. The molecule has 0 radical (unpaired) electrons. The maximum Gasteiger partial charge on any atom is 0.266 e. The molecular weight excluding hydrogens is 386 g/mol. The van der Waals surface area contributed by atoms with Crippen LogP contribution in [0, 0.1) is 0 Å². The molecule has 3 heterocycles. The number of aromatic nitrogens is 4. The number of hydrogen-bond donors (Lipinski definition) is 0. The molecule has 0 saturated carbocycles. The van der Waals surface area contributed by atoms with Gasteiger partial charge >= 0.3 is 0 Å². The van der Waals surface area contributed by atoms with Gasteiger partial charge in [0.25, 0.3) is 5.56 Å². The number of amides is 1. The lowest BCUT2D eigenvalue weighted by Gasteiger charge is -2.29. The second kappa shape index (κ2) is 6.11. The molecule has 1 aliphatic rings. The summed E-state index contributed by atoms with van der Waals surface area (Å²) >= 11 is 3.28. The van der Waals surface area contributed by atoms with Crippen molar-refractivity contribution >= 4 is 32.9 Å². The van der Waals surface area contributed by atoms with Gasteiger partial charge in [-0.15, -0.1) is 0 Å². The standard InChI is InChI=1S/C17H16BrN5O2/c1-21-16-14(15(18)20-21)17(25)23(10-19-16)9-13(24)22-7-6-11-4-2-3-5-12(11)8-22/h2-5,10H,6-9H2,1H3. The summed E-state index contributed by atoms with van der Waals surface area (Å²) in [4.78, 5) is 31.4. The van der Waals surface area contributed by atoms with Gasteiger partial charge in [0.1, 0.15) is 22.9 Å². The predicted octanol–water partition coefficient (Wildman–Crippen LogP) is 1.48. The zero-order valence-corrected chi connectivity index (χ0v) is 15.2. The molecule has 0 aliphatic carbocycles. The highest BCUT2D eigenvalue weighted by atomic mass is 79.9. The van der Waals surface area contributed by atoms with E-state index in [4.69, 9.17) is 0 Å². The van der Waals surface area contributed by atoms with E-state index in [1.807, 2.05) is 18.2 Å². The zero-order valence-electron chi connectivity index (χ0n) is 13.6. The number of benzene rings is 1. The number of aryl methyl sites for hydroxylation is 1. The van der Waals surface area contributed by atoms with E-state index >= 15 is 0 Å². The van der Waals surface area contributed by atoms with E-state index in [1.54, 1.807) is 11.9 Å². The van der Waals surface area contributed by atoms with Crippen molar-refractivity contribution in [3.05, 3.63) is 56.7 Å². The Balaban J connectivity index is 1.60. The molecule has 7 nitrogen and oxygen atoms in total. The summed E-state index contributed by atoms with van der Waals surface area (Å²) in [5.41, 5.74) is 2.67. The fourth-order valence-electron chi connectivity index (χ4n) is 3.20. The molecule has 0 unspecified atom stereocenters. The Morgan fingerprint density at radius 3 is 2.84 bits per heavy atom. The maximum absolute atomic E-state index is 12.7. The second-order valence-corrected chi connectivity index (χ2v) is 6.88. The van der Waals surface area contributed by atoms with Crippen LogP contribution in [-0.4, -0.2) is 36.7 Å². The minimum Gasteiger partial charge on any atom is -0.336 e. The van der Waals surface area contributed by atoms with Gasteiger partial charge in [-0.25, -0.2) is 9.67 Å². The van der Waals surface area contributed by atoms with Crippen molar-refractivity contribution in [3.63, 3.8) is 0 Å². The average molecular weight is 402 g/mol.